The molecule has 1 aliphatic heterocycles. The highest BCUT2D eigenvalue weighted by Gasteiger charge is 2.51. The normalized spacial score (nSPS) is 19.0. The van der Waals surface area contributed by atoms with Crippen LogP contribution < -0.4 is 10.1 Å². The second-order valence-corrected chi connectivity index (χ2v) is 6.69. The zero-order valence-corrected chi connectivity index (χ0v) is 14.8. The van der Waals surface area contributed by atoms with E-state index in [1.54, 1.807) is 18.2 Å². The number of nitrogens with zero attached hydrogens (tertiary/aromatic N) is 1. The summed E-state index contributed by atoms with van der Waals surface area (Å²) in [4.78, 5) is 16.9. The second kappa shape index (κ2) is 5.76. The molecule has 0 radical (unpaired) electrons. The monoisotopic (exact) mass is 363 g/mol. The van der Waals surface area contributed by atoms with Crippen molar-refractivity contribution in [1.82, 2.24) is 4.98 Å². The molecule has 0 aliphatic carbocycles. The van der Waals surface area contributed by atoms with E-state index in [0.717, 1.165) is 16.8 Å². The number of benzene rings is 1. The number of aromatic nitrogens is 1. The molecule has 1 amide bonds. The smallest absolute Gasteiger partial charge is 0.305 e. The predicted octanol–water partition coefficient (Wildman–Crippen LogP) is 3.99. The first-order valence-corrected chi connectivity index (χ1v) is 8.01. The minimum absolute atomic E-state index is 0.125. The molecule has 0 fully saturated rings. The first-order chi connectivity index (χ1) is 11.2. The van der Waals surface area contributed by atoms with E-state index < -0.39 is 11.0 Å². The predicted molar refractivity (Wildman–Crippen MR) is 94.6 cm³/mol. The number of amides is 1. The Labute approximate surface area is 149 Å². The average molecular weight is 364 g/mol. The summed E-state index contributed by atoms with van der Waals surface area (Å²) in [7, 11) is 0. The van der Waals surface area contributed by atoms with Crippen LogP contribution >= 0.6 is 23.2 Å². The van der Waals surface area contributed by atoms with Crippen LogP contribution in [0.4, 0.5) is 5.69 Å². The number of halogens is 2. The summed E-state index contributed by atoms with van der Waals surface area (Å²) >= 11 is 12.4. The third-order valence-electron chi connectivity index (χ3n) is 3.84. The Morgan fingerprint density at radius 3 is 2.62 bits per heavy atom. The molecule has 0 bridgehead atoms. The van der Waals surface area contributed by atoms with Crippen LogP contribution in [-0.4, -0.2) is 21.7 Å². The summed E-state index contributed by atoms with van der Waals surface area (Å²) in [6.45, 7) is 5.49. The molecule has 1 unspecified atom stereocenters. The van der Waals surface area contributed by atoms with Crippen LogP contribution in [0, 0.1) is 26.2 Å². The van der Waals surface area contributed by atoms with E-state index in [1.807, 2.05) is 26.8 Å². The van der Waals surface area contributed by atoms with E-state index in [4.69, 9.17) is 33.3 Å². The topological polar surface area (TPSA) is 75.1 Å². The van der Waals surface area contributed by atoms with Crippen LogP contribution in [0.5, 0.6) is 5.88 Å². The van der Waals surface area contributed by atoms with E-state index in [9.17, 15) is 4.79 Å². The van der Waals surface area contributed by atoms with Crippen molar-refractivity contribution in [3.8, 4) is 5.88 Å². The van der Waals surface area contributed by atoms with E-state index in [0.29, 0.717) is 16.3 Å². The molecule has 2 heterocycles. The minimum Gasteiger partial charge on any atom is -0.439 e. The Morgan fingerprint density at radius 1 is 1.25 bits per heavy atom. The van der Waals surface area contributed by atoms with Crippen LogP contribution in [-0.2, 0) is 4.79 Å². The third kappa shape index (κ3) is 2.64. The zero-order chi connectivity index (χ0) is 17.6. The molecule has 0 spiro atoms. The number of ether oxygens (including phenoxy) is 1. The van der Waals surface area contributed by atoms with Gasteiger partial charge in [-0.15, -0.1) is 0 Å². The molecule has 1 atom stereocenters. The Hall–Kier alpha value is -2.11. The molecule has 0 saturated heterocycles. The van der Waals surface area contributed by atoms with Crippen LogP contribution in [0.3, 0.4) is 0 Å². The number of aryl methyl sites for hydroxylation is 3. The highest BCUT2D eigenvalue weighted by atomic mass is 35.5. The summed E-state index contributed by atoms with van der Waals surface area (Å²) < 4.78 is 5.54. The maximum absolute atomic E-state index is 12.6. The summed E-state index contributed by atoms with van der Waals surface area (Å²) in [5.74, 6) is -0.464. The van der Waals surface area contributed by atoms with Crippen molar-refractivity contribution in [2.45, 2.75) is 25.8 Å². The number of hydrogen-bond donors (Lipinski definition) is 2. The summed E-state index contributed by atoms with van der Waals surface area (Å²) in [5, 5.41) is 9.50. The van der Waals surface area contributed by atoms with Gasteiger partial charge in [0.25, 0.3) is 5.91 Å². The fourth-order valence-electron chi connectivity index (χ4n) is 2.57. The van der Waals surface area contributed by atoms with E-state index in [1.165, 1.54) is 0 Å². The number of rotatable bonds is 2. The van der Waals surface area contributed by atoms with Gasteiger partial charge in [-0.2, -0.15) is 0 Å². The Morgan fingerprint density at radius 2 is 1.96 bits per heavy atom. The summed E-state index contributed by atoms with van der Waals surface area (Å²) in [5.41, 5.74) is 3.21. The molecule has 1 aromatic heterocycles. The van der Waals surface area contributed by atoms with Gasteiger partial charge in [0.05, 0.1) is 5.56 Å². The quantitative estimate of drug-likeness (QED) is 0.791. The van der Waals surface area contributed by atoms with Crippen LogP contribution in [0.1, 0.15) is 22.4 Å². The van der Waals surface area contributed by atoms with Gasteiger partial charge in [-0.05, 0) is 50.1 Å². The summed E-state index contributed by atoms with van der Waals surface area (Å²) in [6, 6.07) is 6.92. The molecule has 24 heavy (non-hydrogen) atoms. The highest BCUT2D eigenvalue weighted by molar-refractivity contribution is 6.50. The van der Waals surface area contributed by atoms with Crippen molar-refractivity contribution in [2.75, 3.05) is 5.32 Å². The van der Waals surface area contributed by atoms with Gasteiger partial charge < -0.3 is 10.1 Å². The van der Waals surface area contributed by atoms with Gasteiger partial charge in [0.15, 0.2) is 0 Å². The number of pyridine rings is 1. The van der Waals surface area contributed by atoms with Crippen LogP contribution in [0.15, 0.2) is 24.3 Å². The van der Waals surface area contributed by atoms with E-state index in [2.05, 4.69) is 10.3 Å². The number of alkyl halides is 1. The Balaban J connectivity index is 1.91. The van der Waals surface area contributed by atoms with Crippen molar-refractivity contribution >= 4 is 40.5 Å². The van der Waals surface area contributed by atoms with Gasteiger partial charge in [0, 0.05) is 16.4 Å². The molecule has 5 nitrogen and oxygen atoms in total. The molecule has 2 N–H and O–H groups in total. The van der Waals surface area contributed by atoms with Gasteiger partial charge in [-0.3, -0.25) is 10.2 Å². The fourth-order valence-corrected chi connectivity index (χ4v) is 2.96. The lowest BCUT2D eigenvalue weighted by Gasteiger charge is -2.20. The van der Waals surface area contributed by atoms with Crippen molar-refractivity contribution in [2.24, 2.45) is 0 Å². The van der Waals surface area contributed by atoms with Crippen LogP contribution in [0.2, 0.25) is 5.02 Å². The molecular formula is C17H15Cl2N3O2. The van der Waals surface area contributed by atoms with Gasteiger partial charge in [0.2, 0.25) is 5.88 Å². The molecule has 3 rings (SSSR count). The molecule has 1 aromatic carbocycles. The average Bonchev–Trinajstić information content (AvgIpc) is 2.75. The van der Waals surface area contributed by atoms with Gasteiger partial charge in [-0.1, -0.05) is 29.3 Å². The number of fused-ring (bicyclic) bond motifs is 1. The van der Waals surface area contributed by atoms with Crippen molar-refractivity contribution in [3.63, 3.8) is 0 Å². The maximum Gasteiger partial charge on any atom is 0.305 e. The fraction of sp³-hybridized carbons (Fsp3) is 0.235. The minimum atomic E-state index is -1.95. The van der Waals surface area contributed by atoms with Crippen LogP contribution in [0.25, 0.3) is 0 Å². The maximum atomic E-state index is 12.6. The standard InChI is InChI=1S/C17H15Cl2N3O2/c1-8-4-5-11(7-12(8)18)22-16(23)17(19)14(20)13-9(2)6-10(3)21-15(13)24-17/h4-7,20H,1-3H3,(H,22,23). The van der Waals surface area contributed by atoms with Crippen molar-refractivity contribution in [3.05, 3.63) is 51.7 Å². The van der Waals surface area contributed by atoms with Crippen molar-refractivity contribution < 1.29 is 9.53 Å². The van der Waals surface area contributed by atoms with Gasteiger partial charge >= 0.3 is 5.06 Å². The summed E-state index contributed by atoms with van der Waals surface area (Å²) in [6.07, 6.45) is 0. The molecule has 1 aliphatic rings. The SMILES string of the molecule is Cc1cc(C)c2c(n1)OC(Cl)(C(=O)Nc1ccc(C)c(Cl)c1)C2=N. The number of anilines is 1. The Kier molecular flexibility index (Phi) is 4.01. The van der Waals surface area contributed by atoms with Gasteiger partial charge in [0.1, 0.15) is 5.71 Å². The number of hydrogen-bond acceptors (Lipinski definition) is 4. The van der Waals surface area contributed by atoms with E-state index >= 15 is 0 Å². The number of carbonyl (C=O) groups excluding carboxylic acids is 1. The van der Waals surface area contributed by atoms with E-state index in [-0.39, 0.29) is 11.6 Å². The molecular weight excluding hydrogens is 349 g/mol. The first-order valence-electron chi connectivity index (χ1n) is 7.25. The van der Waals surface area contributed by atoms with Gasteiger partial charge in [-0.25, -0.2) is 4.98 Å². The number of nitrogens with one attached hydrogen (secondary N) is 2. The first kappa shape index (κ1) is 16.7. The highest BCUT2D eigenvalue weighted by Crippen LogP contribution is 2.39. The van der Waals surface area contributed by atoms with Crippen molar-refractivity contribution in [1.29, 1.82) is 5.41 Å². The second-order valence-electron chi connectivity index (χ2n) is 5.75. The Bertz CT molecular complexity index is 882. The molecule has 2 aromatic rings. The molecule has 124 valence electrons. The largest absolute Gasteiger partial charge is 0.439 e. The lowest BCUT2D eigenvalue weighted by atomic mass is 10.0. The lowest BCUT2D eigenvalue weighted by Crippen LogP contribution is -2.46. The lowest BCUT2D eigenvalue weighted by molar-refractivity contribution is -0.121. The molecule has 0 saturated carbocycles. The third-order valence-corrected chi connectivity index (χ3v) is 4.69. The zero-order valence-electron chi connectivity index (χ0n) is 13.3. The molecule has 7 heteroatoms. The number of carbonyl (C=O) groups is 1.